The van der Waals surface area contributed by atoms with Crippen molar-refractivity contribution in [3.8, 4) is 12.3 Å². The highest BCUT2D eigenvalue weighted by molar-refractivity contribution is 5.45. The first-order chi connectivity index (χ1) is 7.77. The molecular formula is C16H14. The summed E-state index contributed by atoms with van der Waals surface area (Å²) in [4.78, 5) is 0. The summed E-state index contributed by atoms with van der Waals surface area (Å²) in [6.45, 7) is 2.08. The number of terminal acetylenes is 1. The summed E-state index contributed by atoms with van der Waals surface area (Å²) in [5, 5.41) is 0. The second-order valence-corrected chi connectivity index (χ2v) is 4.00. The minimum atomic E-state index is -0.345. The van der Waals surface area contributed by atoms with Crippen molar-refractivity contribution in [1.82, 2.24) is 0 Å². The van der Waals surface area contributed by atoms with Gasteiger partial charge in [0, 0.05) is 0 Å². The fourth-order valence-electron chi connectivity index (χ4n) is 1.88. The Kier molecular flexibility index (Phi) is 2.79. The van der Waals surface area contributed by atoms with Gasteiger partial charge in [0.2, 0.25) is 0 Å². The van der Waals surface area contributed by atoms with E-state index in [0.717, 1.165) is 11.1 Å². The summed E-state index contributed by atoms with van der Waals surface area (Å²) in [6, 6.07) is 20.4. The van der Waals surface area contributed by atoms with Gasteiger partial charge in [0.25, 0.3) is 0 Å². The number of benzene rings is 2. The van der Waals surface area contributed by atoms with Crippen LogP contribution in [0.3, 0.4) is 0 Å². The van der Waals surface area contributed by atoms with E-state index in [1.165, 1.54) is 0 Å². The fourth-order valence-corrected chi connectivity index (χ4v) is 1.88. The van der Waals surface area contributed by atoms with Crippen LogP contribution in [-0.2, 0) is 5.41 Å². The van der Waals surface area contributed by atoms with Crippen LogP contribution in [0.1, 0.15) is 18.1 Å². The van der Waals surface area contributed by atoms with Crippen molar-refractivity contribution < 1.29 is 0 Å². The lowest BCUT2D eigenvalue weighted by Crippen LogP contribution is -2.20. The Bertz CT molecular complexity index is 449. The highest BCUT2D eigenvalue weighted by Crippen LogP contribution is 2.30. The van der Waals surface area contributed by atoms with Crippen LogP contribution in [-0.4, -0.2) is 0 Å². The lowest BCUT2D eigenvalue weighted by atomic mass is 9.77. The van der Waals surface area contributed by atoms with Crippen molar-refractivity contribution in [3.05, 3.63) is 71.8 Å². The number of hydrogen-bond acceptors (Lipinski definition) is 0. The van der Waals surface area contributed by atoms with Gasteiger partial charge < -0.3 is 0 Å². The quantitative estimate of drug-likeness (QED) is 0.658. The molecule has 0 aliphatic carbocycles. The Morgan fingerprint density at radius 3 is 1.50 bits per heavy atom. The van der Waals surface area contributed by atoms with Crippen LogP contribution in [0.4, 0.5) is 0 Å². The molecule has 0 N–H and O–H groups in total. The molecule has 0 amide bonds. The lowest BCUT2D eigenvalue weighted by molar-refractivity contribution is 0.754. The van der Waals surface area contributed by atoms with Gasteiger partial charge >= 0.3 is 0 Å². The Morgan fingerprint density at radius 2 is 1.19 bits per heavy atom. The molecule has 0 atom stereocenters. The third kappa shape index (κ3) is 1.73. The van der Waals surface area contributed by atoms with Crippen LogP contribution in [0.25, 0.3) is 0 Å². The van der Waals surface area contributed by atoms with E-state index in [0.29, 0.717) is 0 Å². The molecule has 2 rings (SSSR count). The van der Waals surface area contributed by atoms with Gasteiger partial charge in [-0.15, -0.1) is 6.42 Å². The molecule has 0 nitrogen and oxygen atoms in total. The molecule has 0 spiro atoms. The van der Waals surface area contributed by atoms with Crippen LogP contribution in [0, 0.1) is 12.3 Å². The minimum absolute atomic E-state index is 0.345. The summed E-state index contributed by atoms with van der Waals surface area (Å²) in [5.74, 6) is 2.91. The maximum atomic E-state index is 5.72. The summed E-state index contributed by atoms with van der Waals surface area (Å²) < 4.78 is 0. The lowest BCUT2D eigenvalue weighted by Gasteiger charge is -2.24. The summed E-state index contributed by atoms with van der Waals surface area (Å²) in [6.07, 6.45) is 5.72. The maximum Gasteiger partial charge on any atom is 0.0781 e. The van der Waals surface area contributed by atoms with E-state index >= 15 is 0 Å². The van der Waals surface area contributed by atoms with Gasteiger partial charge in [0.05, 0.1) is 5.41 Å². The molecule has 78 valence electrons. The minimum Gasteiger partial charge on any atom is -0.119 e. The van der Waals surface area contributed by atoms with Gasteiger partial charge in [-0.1, -0.05) is 66.6 Å². The molecule has 0 unspecified atom stereocenters. The first kappa shape index (κ1) is 10.5. The highest BCUT2D eigenvalue weighted by atomic mass is 14.3. The Balaban J connectivity index is 2.55. The molecule has 0 aromatic heterocycles. The largest absolute Gasteiger partial charge is 0.119 e. The molecule has 0 radical (unpaired) electrons. The number of hydrogen-bond donors (Lipinski definition) is 0. The van der Waals surface area contributed by atoms with Crippen LogP contribution >= 0.6 is 0 Å². The van der Waals surface area contributed by atoms with E-state index in [1.54, 1.807) is 0 Å². The van der Waals surface area contributed by atoms with Gasteiger partial charge in [-0.25, -0.2) is 0 Å². The summed E-state index contributed by atoms with van der Waals surface area (Å²) >= 11 is 0. The smallest absolute Gasteiger partial charge is 0.0781 e. The van der Waals surface area contributed by atoms with Gasteiger partial charge in [0.1, 0.15) is 0 Å². The number of rotatable bonds is 2. The van der Waals surface area contributed by atoms with E-state index in [1.807, 2.05) is 36.4 Å². The van der Waals surface area contributed by atoms with E-state index in [2.05, 4.69) is 37.1 Å². The molecule has 0 saturated heterocycles. The van der Waals surface area contributed by atoms with Crippen molar-refractivity contribution in [3.63, 3.8) is 0 Å². The van der Waals surface area contributed by atoms with Gasteiger partial charge in [-0.2, -0.15) is 0 Å². The zero-order valence-corrected chi connectivity index (χ0v) is 9.35. The van der Waals surface area contributed by atoms with Crippen molar-refractivity contribution in [1.29, 1.82) is 0 Å². The first-order valence-electron chi connectivity index (χ1n) is 5.36. The van der Waals surface area contributed by atoms with Crippen LogP contribution < -0.4 is 0 Å². The van der Waals surface area contributed by atoms with Crippen molar-refractivity contribution in [2.24, 2.45) is 0 Å². The zero-order chi connectivity index (χ0) is 11.4. The second kappa shape index (κ2) is 4.24. The average Bonchev–Trinajstić information content (AvgIpc) is 2.40. The Morgan fingerprint density at radius 1 is 0.812 bits per heavy atom. The molecule has 16 heavy (non-hydrogen) atoms. The van der Waals surface area contributed by atoms with Gasteiger partial charge in [-0.3, -0.25) is 0 Å². The molecule has 0 saturated carbocycles. The summed E-state index contributed by atoms with van der Waals surface area (Å²) in [7, 11) is 0. The standard InChI is InChI=1S/C16H14/c1-3-16(2,14-10-6-4-7-11-14)15-12-8-5-9-13-15/h1,4-13H,2H3. The van der Waals surface area contributed by atoms with E-state index in [9.17, 15) is 0 Å². The van der Waals surface area contributed by atoms with Crippen LogP contribution in [0.15, 0.2) is 60.7 Å². The van der Waals surface area contributed by atoms with Gasteiger partial charge in [0.15, 0.2) is 0 Å². The van der Waals surface area contributed by atoms with Crippen LogP contribution in [0.2, 0.25) is 0 Å². The predicted molar refractivity (Wildman–Crippen MR) is 68.2 cm³/mol. The SMILES string of the molecule is C#CC(C)(c1ccccc1)c1ccccc1. The molecule has 0 bridgehead atoms. The molecular weight excluding hydrogens is 192 g/mol. The van der Waals surface area contributed by atoms with Crippen molar-refractivity contribution in [2.75, 3.05) is 0 Å². The molecule has 0 heteroatoms. The zero-order valence-electron chi connectivity index (χ0n) is 9.35. The monoisotopic (exact) mass is 206 g/mol. The third-order valence-electron chi connectivity index (χ3n) is 2.99. The van der Waals surface area contributed by atoms with E-state index < -0.39 is 0 Å². The molecule has 0 fully saturated rings. The van der Waals surface area contributed by atoms with E-state index in [-0.39, 0.29) is 5.41 Å². The second-order valence-electron chi connectivity index (χ2n) is 4.00. The Labute approximate surface area is 96.9 Å². The van der Waals surface area contributed by atoms with Crippen molar-refractivity contribution >= 4 is 0 Å². The maximum absolute atomic E-state index is 5.72. The Hall–Kier alpha value is -2.00. The topological polar surface area (TPSA) is 0 Å². The first-order valence-corrected chi connectivity index (χ1v) is 5.36. The van der Waals surface area contributed by atoms with Crippen molar-refractivity contribution in [2.45, 2.75) is 12.3 Å². The fraction of sp³-hybridized carbons (Fsp3) is 0.125. The molecule has 0 aliphatic heterocycles. The molecule has 0 heterocycles. The normalized spacial score (nSPS) is 10.8. The third-order valence-corrected chi connectivity index (χ3v) is 2.99. The average molecular weight is 206 g/mol. The molecule has 2 aromatic carbocycles. The van der Waals surface area contributed by atoms with Crippen LogP contribution in [0.5, 0.6) is 0 Å². The van der Waals surface area contributed by atoms with E-state index in [4.69, 9.17) is 6.42 Å². The summed E-state index contributed by atoms with van der Waals surface area (Å²) in [5.41, 5.74) is 1.97. The highest BCUT2D eigenvalue weighted by Gasteiger charge is 2.25. The predicted octanol–water partition coefficient (Wildman–Crippen LogP) is 3.63. The van der Waals surface area contributed by atoms with Gasteiger partial charge in [-0.05, 0) is 18.1 Å². The molecule has 0 aliphatic rings. The molecule has 2 aromatic rings.